The SMILES string of the molecule is CCCC1CCC(C2CCC(C(=O)OC3CCC(OC(=O)C(F)(F)F)CC3)CC2)CC1. The molecule has 0 aliphatic heterocycles. The van der Waals surface area contributed by atoms with Crippen LogP contribution < -0.4 is 0 Å². The zero-order valence-electron chi connectivity index (χ0n) is 18.6. The van der Waals surface area contributed by atoms with Crippen LogP contribution in [0.2, 0.25) is 0 Å². The van der Waals surface area contributed by atoms with E-state index in [0.29, 0.717) is 25.7 Å². The van der Waals surface area contributed by atoms with Crippen molar-refractivity contribution in [2.24, 2.45) is 23.7 Å². The summed E-state index contributed by atoms with van der Waals surface area (Å²) in [6.45, 7) is 2.26. The summed E-state index contributed by atoms with van der Waals surface area (Å²) in [5, 5.41) is 0. The zero-order valence-corrected chi connectivity index (χ0v) is 18.6. The molecule has 0 aromatic heterocycles. The lowest BCUT2D eigenvalue weighted by Crippen LogP contribution is -2.35. The minimum Gasteiger partial charge on any atom is -0.462 e. The fourth-order valence-electron chi connectivity index (χ4n) is 5.93. The van der Waals surface area contributed by atoms with E-state index in [1.165, 1.54) is 38.5 Å². The number of ether oxygens (including phenoxy) is 2. The third-order valence-corrected chi connectivity index (χ3v) is 7.77. The van der Waals surface area contributed by atoms with Gasteiger partial charge in [0, 0.05) is 0 Å². The molecule has 3 saturated carbocycles. The second-order valence-electron chi connectivity index (χ2n) is 9.92. The molecule has 0 amide bonds. The topological polar surface area (TPSA) is 52.6 Å². The second-order valence-corrected chi connectivity index (χ2v) is 9.92. The predicted octanol–water partition coefficient (Wildman–Crippen LogP) is 6.36. The monoisotopic (exact) mass is 446 g/mol. The van der Waals surface area contributed by atoms with Gasteiger partial charge in [0.15, 0.2) is 0 Å². The van der Waals surface area contributed by atoms with Crippen molar-refractivity contribution in [3.63, 3.8) is 0 Å². The van der Waals surface area contributed by atoms with Crippen molar-refractivity contribution in [1.29, 1.82) is 0 Å². The van der Waals surface area contributed by atoms with Gasteiger partial charge in [0.25, 0.3) is 0 Å². The molecule has 0 aromatic carbocycles. The first-order valence-corrected chi connectivity index (χ1v) is 12.2. The van der Waals surface area contributed by atoms with Crippen LogP contribution in [0.4, 0.5) is 13.2 Å². The number of carbonyl (C=O) groups is 2. The van der Waals surface area contributed by atoms with Crippen LogP contribution in [0, 0.1) is 23.7 Å². The van der Waals surface area contributed by atoms with Crippen LogP contribution in [0.15, 0.2) is 0 Å². The van der Waals surface area contributed by atoms with Crippen LogP contribution in [0.3, 0.4) is 0 Å². The van der Waals surface area contributed by atoms with Gasteiger partial charge in [0.1, 0.15) is 12.2 Å². The van der Waals surface area contributed by atoms with E-state index in [1.807, 2.05) is 0 Å². The fourth-order valence-corrected chi connectivity index (χ4v) is 5.93. The Hall–Kier alpha value is -1.27. The first kappa shape index (κ1) is 24.4. The normalized spacial score (nSPS) is 34.7. The van der Waals surface area contributed by atoms with E-state index in [2.05, 4.69) is 11.7 Å². The Balaban J connectivity index is 1.33. The maximum atomic E-state index is 12.6. The van der Waals surface area contributed by atoms with E-state index in [-0.39, 0.29) is 18.0 Å². The van der Waals surface area contributed by atoms with Crippen LogP contribution >= 0.6 is 0 Å². The highest BCUT2D eigenvalue weighted by molar-refractivity contribution is 5.75. The molecule has 0 atom stereocenters. The maximum Gasteiger partial charge on any atom is 0.490 e. The van der Waals surface area contributed by atoms with Crippen LogP contribution in [-0.2, 0) is 19.1 Å². The van der Waals surface area contributed by atoms with Gasteiger partial charge in [-0.1, -0.05) is 32.6 Å². The maximum absolute atomic E-state index is 12.6. The van der Waals surface area contributed by atoms with Gasteiger partial charge in [0.05, 0.1) is 5.92 Å². The van der Waals surface area contributed by atoms with E-state index < -0.39 is 18.2 Å². The summed E-state index contributed by atoms with van der Waals surface area (Å²) in [6, 6.07) is 0. The molecule has 31 heavy (non-hydrogen) atoms. The smallest absolute Gasteiger partial charge is 0.462 e. The largest absolute Gasteiger partial charge is 0.490 e. The van der Waals surface area contributed by atoms with Gasteiger partial charge in [-0.2, -0.15) is 13.2 Å². The lowest BCUT2D eigenvalue weighted by molar-refractivity contribution is -0.207. The van der Waals surface area contributed by atoms with Gasteiger partial charge in [0.2, 0.25) is 0 Å². The van der Waals surface area contributed by atoms with Crippen molar-refractivity contribution in [3.8, 4) is 0 Å². The highest BCUT2D eigenvalue weighted by Crippen LogP contribution is 2.42. The molecule has 0 N–H and O–H groups in total. The Morgan fingerprint density at radius 1 is 0.742 bits per heavy atom. The summed E-state index contributed by atoms with van der Waals surface area (Å²) in [4.78, 5) is 23.6. The van der Waals surface area contributed by atoms with Crippen LogP contribution in [0.25, 0.3) is 0 Å². The quantitative estimate of drug-likeness (QED) is 0.446. The number of alkyl halides is 3. The summed E-state index contributed by atoms with van der Waals surface area (Å²) in [6.07, 6.45) is 7.52. The first-order valence-electron chi connectivity index (χ1n) is 12.2. The van der Waals surface area contributed by atoms with E-state index in [1.54, 1.807) is 0 Å². The van der Waals surface area contributed by atoms with Gasteiger partial charge in [-0.15, -0.1) is 0 Å². The summed E-state index contributed by atoms with van der Waals surface area (Å²) in [5.41, 5.74) is 0. The van der Waals surface area contributed by atoms with E-state index in [0.717, 1.165) is 43.4 Å². The molecule has 0 bridgehead atoms. The molecule has 0 aromatic rings. The Kier molecular flexibility index (Phi) is 8.68. The summed E-state index contributed by atoms with van der Waals surface area (Å²) >= 11 is 0. The molecule has 3 aliphatic rings. The number of hydrogen-bond acceptors (Lipinski definition) is 4. The van der Waals surface area contributed by atoms with E-state index in [9.17, 15) is 22.8 Å². The van der Waals surface area contributed by atoms with Gasteiger partial charge in [-0.05, 0) is 82.0 Å². The first-order chi connectivity index (χ1) is 14.8. The average molecular weight is 447 g/mol. The van der Waals surface area contributed by atoms with Crippen molar-refractivity contribution >= 4 is 11.9 Å². The Labute approximate surface area is 183 Å². The third-order valence-electron chi connectivity index (χ3n) is 7.77. The number of esters is 2. The molecule has 7 heteroatoms. The van der Waals surface area contributed by atoms with E-state index >= 15 is 0 Å². The lowest BCUT2D eigenvalue weighted by Gasteiger charge is -2.37. The van der Waals surface area contributed by atoms with Crippen molar-refractivity contribution < 1.29 is 32.2 Å². The number of halogens is 3. The third kappa shape index (κ3) is 7.11. The lowest BCUT2D eigenvalue weighted by atomic mass is 9.69. The summed E-state index contributed by atoms with van der Waals surface area (Å²) in [5.74, 6) is 0.141. The molecule has 0 radical (unpaired) electrons. The van der Waals surface area contributed by atoms with Crippen molar-refractivity contribution in [1.82, 2.24) is 0 Å². The molecule has 178 valence electrons. The summed E-state index contributed by atoms with van der Waals surface area (Å²) in [7, 11) is 0. The molecular weight excluding hydrogens is 409 g/mol. The Bertz CT molecular complexity index is 582. The second kappa shape index (κ2) is 11.0. The molecule has 3 rings (SSSR count). The number of rotatable bonds is 6. The van der Waals surface area contributed by atoms with Crippen molar-refractivity contribution in [2.45, 2.75) is 115 Å². The minimum absolute atomic E-state index is 0.0477. The molecule has 0 saturated heterocycles. The van der Waals surface area contributed by atoms with Gasteiger partial charge >= 0.3 is 18.1 Å². The average Bonchev–Trinajstić information content (AvgIpc) is 2.75. The molecular formula is C24H37F3O4. The van der Waals surface area contributed by atoms with Crippen molar-refractivity contribution in [2.75, 3.05) is 0 Å². The number of carbonyl (C=O) groups excluding carboxylic acids is 2. The predicted molar refractivity (Wildman–Crippen MR) is 110 cm³/mol. The number of hydrogen-bond donors (Lipinski definition) is 0. The van der Waals surface area contributed by atoms with Gasteiger partial charge < -0.3 is 9.47 Å². The molecule has 0 heterocycles. The summed E-state index contributed by atoms with van der Waals surface area (Å²) < 4.78 is 47.1. The molecule has 0 unspecified atom stereocenters. The molecule has 0 spiro atoms. The standard InChI is InChI=1S/C24H37F3O4/c1-2-3-16-4-6-17(7-5-16)18-8-10-19(11-9-18)22(28)30-20-12-14-21(15-13-20)31-23(29)24(25,26)27/h16-21H,2-15H2,1H3. The molecule has 4 nitrogen and oxygen atoms in total. The zero-order chi connectivity index (χ0) is 22.4. The Morgan fingerprint density at radius 3 is 1.71 bits per heavy atom. The van der Waals surface area contributed by atoms with Crippen LogP contribution in [0.5, 0.6) is 0 Å². The highest BCUT2D eigenvalue weighted by atomic mass is 19.4. The van der Waals surface area contributed by atoms with E-state index in [4.69, 9.17) is 4.74 Å². The highest BCUT2D eigenvalue weighted by Gasteiger charge is 2.43. The van der Waals surface area contributed by atoms with Crippen LogP contribution in [0.1, 0.15) is 96.8 Å². The fraction of sp³-hybridized carbons (Fsp3) is 0.917. The Morgan fingerprint density at radius 2 is 1.23 bits per heavy atom. The molecule has 3 aliphatic carbocycles. The van der Waals surface area contributed by atoms with Gasteiger partial charge in [-0.25, -0.2) is 4.79 Å². The van der Waals surface area contributed by atoms with Crippen LogP contribution in [-0.4, -0.2) is 30.3 Å². The van der Waals surface area contributed by atoms with Crippen molar-refractivity contribution in [3.05, 3.63) is 0 Å². The van der Waals surface area contributed by atoms with Gasteiger partial charge in [-0.3, -0.25) is 4.79 Å². The minimum atomic E-state index is -4.96. The molecule has 3 fully saturated rings.